The van der Waals surface area contributed by atoms with Gasteiger partial charge in [-0.3, -0.25) is 0 Å². The van der Waals surface area contributed by atoms with Crippen LogP contribution in [0.15, 0.2) is 12.7 Å². The van der Waals surface area contributed by atoms with Crippen LogP contribution in [0.1, 0.15) is 20.3 Å². The first kappa shape index (κ1) is 16.4. The number of urea groups is 1. The lowest BCUT2D eigenvalue weighted by Gasteiger charge is -2.19. The third-order valence-corrected chi connectivity index (χ3v) is 2.61. The quantitative estimate of drug-likeness (QED) is 0.530. The molecule has 0 radical (unpaired) electrons. The number of rotatable bonds is 9. The monoisotopic (exact) mass is 257 g/mol. The maximum atomic E-state index is 11.5. The van der Waals surface area contributed by atoms with Crippen molar-refractivity contribution < 1.29 is 14.7 Å². The molecule has 2 amide bonds. The van der Waals surface area contributed by atoms with Crippen LogP contribution in [0.2, 0.25) is 0 Å². The Bertz CT molecular complexity index is 278. The van der Waals surface area contributed by atoms with Gasteiger partial charge in [0, 0.05) is 13.1 Å². The van der Waals surface area contributed by atoms with Gasteiger partial charge in [0.25, 0.3) is 0 Å². The van der Waals surface area contributed by atoms with Crippen molar-refractivity contribution in [1.82, 2.24) is 15.5 Å². The molecule has 0 rings (SSSR count). The number of nitrogens with one attached hydrogen (secondary N) is 2. The number of aliphatic carboxylic acids is 1. The van der Waals surface area contributed by atoms with Gasteiger partial charge in [-0.05, 0) is 19.5 Å². The van der Waals surface area contributed by atoms with Gasteiger partial charge in [-0.1, -0.05) is 19.9 Å². The molecule has 0 aliphatic carbocycles. The molecule has 0 bridgehead atoms. The van der Waals surface area contributed by atoms with Gasteiger partial charge in [0.2, 0.25) is 0 Å². The highest BCUT2D eigenvalue weighted by Crippen LogP contribution is 1.92. The molecule has 0 aromatic heterocycles. The van der Waals surface area contributed by atoms with Crippen molar-refractivity contribution in [2.45, 2.75) is 26.3 Å². The molecule has 104 valence electrons. The minimum absolute atomic E-state index is 0.207. The van der Waals surface area contributed by atoms with Crippen LogP contribution in [0.25, 0.3) is 0 Å². The standard InChI is InChI=1S/C12H23N3O3/c1-4-7-10(11(16)17)14-12(18)13-8-9-15(5-2)6-3/h4,10H,1,5-9H2,2-3H3,(H,16,17)(H2,13,14,18). The zero-order valence-electron chi connectivity index (χ0n) is 11.1. The summed E-state index contributed by atoms with van der Waals surface area (Å²) in [5.41, 5.74) is 0. The SMILES string of the molecule is C=CCC(NC(=O)NCCN(CC)CC)C(=O)O. The molecule has 0 aromatic rings. The minimum Gasteiger partial charge on any atom is -0.480 e. The molecule has 1 unspecified atom stereocenters. The van der Waals surface area contributed by atoms with Crippen LogP contribution in [-0.4, -0.2) is 54.2 Å². The summed E-state index contributed by atoms with van der Waals surface area (Å²) in [5, 5.41) is 13.9. The number of likely N-dealkylation sites (N-methyl/N-ethyl adjacent to an activating group) is 1. The van der Waals surface area contributed by atoms with Crippen molar-refractivity contribution in [3.8, 4) is 0 Å². The van der Waals surface area contributed by atoms with E-state index >= 15 is 0 Å². The predicted octanol–water partition coefficient (Wildman–Crippen LogP) is 0.657. The van der Waals surface area contributed by atoms with Crippen molar-refractivity contribution >= 4 is 12.0 Å². The molecule has 6 heteroatoms. The van der Waals surface area contributed by atoms with Crippen molar-refractivity contribution in [2.24, 2.45) is 0 Å². The molecule has 18 heavy (non-hydrogen) atoms. The van der Waals surface area contributed by atoms with Crippen LogP contribution in [0.5, 0.6) is 0 Å². The van der Waals surface area contributed by atoms with Crippen molar-refractivity contribution in [3.63, 3.8) is 0 Å². The second-order valence-electron chi connectivity index (χ2n) is 3.84. The molecule has 0 aromatic carbocycles. The molecule has 3 N–H and O–H groups in total. The highest BCUT2D eigenvalue weighted by molar-refractivity contribution is 5.82. The molecule has 0 aliphatic heterocycles. The molecule has 0 fully saturated rings. The Morgan fingerprint density at radius 2 is 2.00 bits per heavy atom. The van der Waals surface area contributed by atoms with E-state index in [0.717, 1.165) is 19.6 Å². The Kier molecular flexibility index (Phi) is 8.65. The van der Waals surface area contributed by atoms with Gasteiger partial charge in [-0.2, -0.15) is 0 Å². The molecular formula is C12H23N3O3. The summed E-state index contributed by atoms with van der Waals surface area (Å²) < 4.78 is 0. The number of carbonyl (C=O) groups excluding carboxylic acids is 1. The van der Waals surface area contributed by atoms with Gasteiger partial charge >= 0.3 is 12.0 Å². The highest BCUT2D eigenvalue weighted by atomic mass is 16.4. The summed E-state index contributed by atoms with van der Waals surface area (Å²) in [4.78, 5) is 24.4. The summed E-state index contributed by atoms with van der Waals surface area (Å²) in [6.45, 7) is 10.6. The smallest absolute Gasteiger partial charge is 0.326 e. The lowest BCUT2D eigenvalue weighted by Crippen LogP contribution is -2.47. The van der Waals surface area contributed by atoms with Crippen LogP contribution < -0.4 is 10.6 Å². The molecule has 0 saturated heterocycles. The zero-order chi connectivity index (χ0) is 14.0. The number of carbonyl (C=O) groups is 2. The average Bonchev–Trinajstić information content (AvgIpc) is 2.34. The van der Waals surface area contributed by atoms with Gasteiger partial charge in [-0.25, -0.2) is 9.59 Å². The van der Waals surface area contributed by atoms with E-state index < -0.39 is 18.0 Å². The Hall–Kier alpha value is -1.56. The van der Waals surface area contributed by atoms with Crippen LogP contribution >= 0.6 is 0 Å². The molecule has 0 aliphatic rings. The van der Waals surface area contributed by atoms with Gasteiger partial charge in [0.1, 0.15) is 6.04 Å². The molecule has 0 saturated carbocycles. The van der Waals surface area contributed by atoms with E-state index in [1.165, 1.54) is 6.08 Å². The Morgan fingerprint density at radius 3 is 2.44 bits per heavy atom. The predicted molar refractivity (Wildman–Crippen MR) is 70.6 cm³/mol. The number of carboxylic acid groups (broad SMARTS) is 1. The van der Waals surface area contributed by atoms with Crippen LogP contribution in [0.3, 0.4) is 0 Å². The van der Waals surface area contributed by atoms with E-state index in [-0.39, 0.29) is 6.42 Å². The van der Waals surface area contributed by atoms with Crippen molar-refractivity contribution in [1.29, 1.82) is 0 Å². The summed E-state index contributed by atoms with van der Waals surface area (Å²) in [7, 11) is 0. The summed E-state index contributed by atoms with van der Waals surface area (Å²) in [6.07, 6.45) is 1.67. The van der Waals surface area contributed by atoms with E-state index in [1.807, 2.05) is 13.8 Å². The second-order valence-corrected chi connectivity index (χ2v) is 3.84. The molecule has 1 atom stereocenters. The Morgan fingerprint density at radius 1 is 1.39 bits per heavy atom. The van der Waals surface area contributed by atoms with E-state index in [0.29, 0.717) is 6.54 Å². The van der Waals surface area contributed by atoms with Crippen molar-refractivity contribution in [3.05, 3.63) is 12.7 Å². The van der Waals surface area contributed by atoms with E-state index in [9.17, 15) is 9.59 Å². The molecular weight excluding hydrogens is 234 g/mol. The first-order chi connectivity index (χ1) is 8.54. The lowest BCUT2D eigenvalue weighted by atomic mass is 10.2. The number of hydrogen-bond donors (Lipinski definition) is 3. The number of hydrogen-bond acceptors (Lipinski definition) is 3. The third-order valence-electron chi connectivity index (χ3n) is 2.61. The maximum Gasteiger partial charge on any atom is 0.326 e. The lowest BCUT2D eigenvalue weighted by molar-refractivity contribution is -0.139. The minimum atomic E-state index is -1.06. The Balaban J connectivity index is 3.94. The Labute approximate surface area is 108 Å². The largest absolute Gasteiger partial charge is 0.480 e. The van der Waals surface area contributed by atoms with Gasteiger partial charge in [0.15, 0.2) is 0 Å². The van der Waals surface area contributed by atoms with E-state index in [2.05, 4.69) is 22.1 Å². The summed E-state index contributed by atoms with van der Waals surface area (Å²) in [6, 6.07) is -1.38. The van der Waals surface area contributed by atoms with Crippen molar-refractivity contribution in [2.75, 3.05) is 26.2 Å². The molecule has 0 spiro atoms. The fourth-order valence-electron chi connectivity index (χ4n) is 1.46. The van der Waals surface area contributed by atoms with Crippen LogP contribution in [0.4, 0.5) is 4.79 Å². The maximum absolute atomic E-state index is 11.5. The van der Waals surface area contributed by atoms with Gasteiger partial charge in [0.05, 0.1) is 0 Å². The van der Waals surface area contributed by atoms with E-state index in [1.54, 1.807) is 0 Å². The fourth-order valence-corrected chi connectivity index (χ4v) is 1.46. The first-order valence-electron chi connectivity index (χ1n) is 6.15. The second kappa shape index (κ2) is 9.47. The van der Waals surface area contributed by atoms with E-state index in [4.69, 9.17) is 5.11 Å². The summed E-state index contributed by atoms with van der Waals surface area (Å²) >= 11 is 0. The summed E-state index contributed by atoms with van der Waals surface area (Å²) in [5.74, 6) is -1.06. The van der Waals surface area contributed by atoms with Crippen LogP contribution in [-0.2, 0) is 4.79 Å². The highest BCUT2D eigenvalue weighted by Gasteiger charge is 2.17. The molecule has 6 nitrogen and oxygen atoms in total. The third kappa shape index (κ3) is 6.90. The molecule has 0 heterocycles. The van der Waals surface area contributed by atoms with Gasteiger partial charge < -0.3 is 20.6 Å². The zero-order valence-corrected chi connectivity index (χ0v) is 11.1. The average molecular weight is 257 g/mol. The number of carboxylic acids is 1. The normalized spacial score (nSPS) is 11.9. The topological polar surface area (TPSA) is 81.7 Å². The fraction of sp³-hybridized carbons (Fsp3) is 0.667. The number of nitrogens with zero attached hydrogens (tertiary/aromatic N) is 1. The number of amides is 2. The first-order valence-corrected chi connectivity index (χ1v) is 6.15. The van der Waals surface area contributed by atoms with Crippen LogP contribution in [0, 0.1) is 0 Å². The van der Waals surface area contributed by atoms with Gasteiger partial charge in [-0.15, -0.1) is 6.58 Å².